The number of nitrogens with zero attached hydrogens (tertiary/aromatic N) is 3. The molecule has 0 aromatic carbocycles. The third-order valence-electron chi connectivity index (χ3n) is 2.45. The topological polar surface area (TPSA) is 81.2 Å². The molecule has 0 amide bonds. The van der Waals surface area contributed by atoms with Crippen LogP contribution in [0.2, 0.25) is 0 Å². The van der Waals surface area contributed by atoms with Crippen LogP contribution in [0.25, 0.3) is 11.6 Å². The molecule has 1 N–H and O–H groups in total. The Bertz CT molecular complexity index is 577. The fourth-order valence-corrected chi connectivity index (χ4v) is 2.37. The Balaban J connectivity index is 2.31. The third-order valence-corrected chi connectivity index (χ3v) is 3.40. The van der Waals surface area contributed by atoms with Crippen molar-refractivity contribution >= 4 is 17.7 Å². The van der Waals surface area contributed by atoms with E-state index in [2.05, 4.69) is 10.2 Å². The first kappa shape index (κ1) is 13.7. The maximum absolute atomic E-state index is 10.6. The predicted octanol–water partition coefficient (Wildman–Crippen LogP) is 2.43. The second-order valence-corrected chi connectivity index (χ2v) is 4.99. The first-order valence-electron chi connectivity index (χ1n) is 5.96. The van der Waals surface area contributed by atoms with Crippen LogP contribution in [-0.4, -0.2) is 31.6 Å². The van der Waals surface area contributed by atoms with Crippen molar-refractivity contribution in [3.8, 4) is 11.6 Å². The molecule has 0 fully saturated rings. The Hall–Kier alpha value is -1.76. The van der Waals surface area contributed by atoms with Crippen LogP contribution in [0, 0.1) is 6.92 Å². The van der Waals surface area contributed by atoms with Crippen LogP contribution in [0.5, 0.6) is 0 Å². The van der Waals surface area contributed by atoms with E-state index in [9.17, 15) is 4.79 Å². The number of hydrogen-bond donors (Lipinski definition) is 1. The first-order valence-corrected chi connectivity index (χ1v) is 6.95. The number of furan rings is 1. The van der Waals surface area contributed by atoms with E-state index >= 15 is 0 Å². The number of carboxylic acid groups (broad SMARTS) is 1. The van der Waals surface area contributed by atoms with Gasteiger partial charge in [0.2, 0.25) is 0 Å². The standard InChI is InChI=1S/C12H15N3O3S/c1-3-6-15-11(9-5-4-8(2)18-9)13-14-12(15)19-7-10(16)17/h4-5H,3,6-7H2,1-2H3,(H,16,17). The molecule has 0 radical (unpaired) electrons. The summed E-state index contributed by atoms with van der Waals surface area (Å²) in [6.07, 6.45) is 0.908. The largest absolute Gasteiger partial charge is 0.481 e. The molecule has 2 aromatic heterocycles. The van der Waals surface area contributed by atoms with Crippen LogP contribution in [0.3, 0.4) is 0 Å². The number of rotatable bonds is 6. The van der Waals surface area contributed by atoms with Gasteiger partial charge in [-0.25, -0.2) is 0 Å². The van der Waals surface area contributed by atoms with Crippen molar-refractivity contribution in [1.82, 2.24) is 14.8 Å². The highest BCUT2D eigenvalue weighted by Gasteiger charge is 2.17. The Morgan fingerprint density at radius 1 is 1.47 bits per heavy atom. The quantitative estimate of drug-likeness (QED) is 0.819. The van der Waals surface area contributed by atoms with Gasteiger partial charge in [-0.2, -0.15) is 0 Å². The molecular weight excluding hydrogens is 266 g/mol. The van der Waals surface area contributed by atoms with E-state index in [1.807, 2.05) is 30.5 Å². The summed E-state index contributed by atoms with van der Waals surface area (Å²) >= 11 is 1.17. The molecular formula is C12H15N3O3S. The number of thioether (sulfide) groups is 1. The Kier molecular flexibility index (Phi) is 4.26. The average molecular weight is 281 g/mol. The van der Waals surface area contributed by atoms with Crippen LogP contribution in [0.15, 0.2) is 21.7 Å². The molecule has 19 heavy (non-hydrogen) atoms. The minimum Gasteiger partial charge on any atom is -0.481 e. The van der Waals surface area contributed by atoms with Crippen molar-refractivity contribution < 1.29 is 14.3 Å². The molecule has 2 heterocycles. The second kappa shape index (κ2) is 5.92. The van der Waals surface area contributed by atoms with Gasteiger partial charge in [-0.05, 0) is 25.5 Å². The molecule has 0 bridgehead atoms. The van der Waals surface area contributed by atoms with E-state index in [-0.39, 0.29) is 5.75 Å². The summed E-state index contributed by atoms with van der Waals surface area (Å²) < 4.78 is 7.44. The number of carbonyl (C=O) groups is 1. The SMILES string of the molecule is CCCn1c(SCC(=O)O)nnc1-c1ccc(C)o1. The molecule has 2 rings (SSSR count). The Labute approximate surface area is 114 Å². The zero-order valence-corrected chi connectivity index (χ0v) is 11.6. The van der Waals surface area contributed by atoms with E-state index < -0.39 is 5.97 Å². The lowest BCUT2D eigenvalue weighted by molar-refractivity contribution is -0.133. The van der Waals surface area contributed by atoms with Gasteiger partial charge in [0, 0.05) is 6.54 Å². The van der Waals surface area contributed by atoms with Crippen molar-refractivity contribution in [1.29, 1.82) is 0 Å². The van der Waals surface area contributed by atoms with E-state index in [4.69, 9.17) is 9.52 Å². The minimum atomic E-state index is -0.869. The molecule has 102 valence electrons. The normalized spacial score (nSPS) is 10.8. The number of hydrogen-bond acceptors (Lipinski definition) is 5. The molecule has 0 aliphatic heterocycles. The van der Waals surface area contributed by atoms with Crippen LogP contribution in [0.1, 0.15) is 19.1 Å². The van der Waals surface area contributed by atoms with Gasteiger partial charge in [0.1, 0.15) is 5.76 Å². The first-order chi connectivity index (χ1) is 9.11. The van der Waals surface area contributed by atoms with E-state index in [1.54, 1.807) is 0 Å². The smallest absolute Gasteiger partial charge is 0.313 e. The van der Waals surface area contributed by atoms with Crippen LogP contribution < -0.4 is 0 Å². The molecule has 0 atom stereocenters. The van der Waals surface area contributed by atoms with Crippen molar-refractivity contribution in [3.05, 3.63) is 17.9 Å². The van der Waals surface area contributed by atoms with Crippen molar-refractivity contribution in [2.45, 2.75) is 32.0 Å². The Morgan fingerprint density at radius 2 is 2.26 bits per heavy atom. The van der Waals surface area contributed by atoms with Crippen LogP contribution >= 0.6 is 11.8 Å². The summed E-state index contributed by atoms with van der Waals surface area (Å²) in [6, 6.07) is 3.71. The molecule has 0 spiro atoms. The molecule has 7 heteroatoms. The van der Waals surface area contributed by atoms with Gasteiger partial charge >= 0.3 is 5.97 Å². The van der Waals surface area contributed by atoms with Crippen molar-refractivity contribution in [2.75, 3.05) is 5.75 Å². The maximum atomic E-state index is 10.6. The highest BCUT2D eigenvalue weighted by Crippen LogP contribution is 2.25. The lowest BCUT2D eigenvalue weighted by Gasteiger charge is -2.06. The van der Waals surface area contributed by atoms with Crippen LogP contribution in [-0.2, 0) is 11.3 Å². The highest BCUT2D eigenvalue weighted by molar-refractivity contribution is 7.99. The minimum absolute atomic E-state index is 0.0287. The van der Waals surface area contributed by atoms with E-state index in [0.29, 0.717) is 16.7 Å². The number of aromatic nitrogens is 3. The summed E-state index contributed by atoms with van der Waals surface area (Å²) in [5, 5.41) is 17.5. The zero-order chi connectivity index (χ0) is 13.8. The predicted molar refractivity (Wildman–Crippen MR) is 71.1 cm³/mol. The fourth-order valence-electron chi connectivity index (χ4n) is 1.68. The van der Waals surface area contributed by atoms with Gasteiger partial charge in [-0.1, -0.05) is 18.7 Å². The molecule has 6 nitrogen and oxygen atoms in total. The molecule has 0 aliphatic rings. The summed E-state index contributed by atoms with van der Waals surface area (Å²) in [7, 11) is 0. The lowest BCUT2D eigenvalue weighted by atomic mass is 10.4. The molecule has 2 aromatic rings. The number of aryl methyl sites for hydroxylation is 1. The molecule has 0 saturated heterocycles. The van der Waals surface area contributed by atoms with Gasteiger partial charge in [0.25, 0.3) is 0 Å². The zero-order valence-electron chi connectivity index (χ0n) is 10.8. The lowest BCUT2D eigenvalue weighted by Crippen LogP contribution is -2.04. The van der Waals surface area contributed by atoms with E-state index in [1.165, 1.54) is 11.8 Å². The van der Waals surface area contributed by atoms with Gasteiger partial charge in [0.05, 0.1) is 5.75 Å². The summed E-state index contributed by atoms with van der Waals surface area (Å²) in [6.45, 7) is 4.64. The summed E-state index contributed by atoms with van der Waals surface area (Å²) in [5.41, 5.74) is 0. The van der Waals surface area contributed by atoms with Crippen LogP contribution in [0.4, 0.5) is 0 Å². The van der Waals surface area contributed by atoms with Gasteiger partial charge in [0.15, 0.2) is 16.7 Å². The van der Waals surface area contributed by atoms with Crippen molar-refractivity contribution in [3.63, 3.8) is 0 Å². The average Bonchev–Trinajstić information content (AvgIpc) is 2.94. The highest BCUT2D eigenvalue weighted by atomic mass is 32.2. The monoisotopic (exact) mass is 281 g/mol. The molecule has 0 saturated carbocycles. The number of aliphatic carboxylic acids is 1. The van der Waals surface area contributed by atoms with Gasteiger partial charge < -0.3 is 9.52 Å². The molecule has 0 unspecified atom stereocenters. The van der Waals surface area contributed by atoms with Gasteiger partial charge in [-0.15, -0.1) is 10.2 Å². The van der Waals surface area contributed by atoms with Gasteiger partial charge in [-0.3, -0.25) is 9.36 Å². The summed E-state index contributed by atoms with van der Waals surface area (Å²) in [5.74, 6) is 1.20. The third kappa shape index (κ3) is 3.17. The summed E-state index contributed by atoms with van der Waals surface area (Å²) in [4.78, 5) is 10.6. The Morgan fingerprint density at radius 3 is 2.84 bits per heavy atom. The van der Waals surface area contributed by atoms with Crippen molar-refractivity contribution in [2.24, 2.45) is 0 Å². The second-order valence-electron chi connectivity index (χ2n) is 4.05. The number of carboxylic acids is 1. The molecule has 0 aliphatic carbocycles. The maximum Gasteiger partial charge on any atom is 0.313 e. The fraction of sp³-hybridized carbons (Fsp3) is 0.417. The van der Waals surface area contributed by atoms with E-state index in [0.717, 1.165) is 18.7 Å².